The van der Waals surface area contributed by atoms with Crippen molar-refractivity contribution in [2.75, 3.05) is 11.9 Å². The van der Waals surface area contributed by atoms with Crippen LogP contribution >= 0.6 is 0 Å². The average Bonchev–Trinajstić information content (AvgIpc) is 3.04. The molecule has 4 heteroatoms. The van der Waals surface area contributed by atoms with Gasteiger partial charge in [0.05, 0.1) is 12.1 Å². The van der Waals surface area contributed by atoms with Gasteiger partial charge in [-0.2, -0.15) is 0 Å². The molecule has 1 aromatic rings. The molecule has 2 unspecified atom stereocenters. The number of rotatable bonds is 2. The van der Waals surface area contributed by atoms with Crippen LogP contribution in [0.15, 0.2) is 18.2 Å². The number of hydrogen-bond acceptors (Lipinski definition) is 2. The Morgan fingerprint density at radius 3 is 2.75 bits per heavy atom. The summed E-state index contributed by atoms with van der Waals surface area (Å²) in [5.74, 6) is 6.46. The van der Waals surface area contributed by atoms with Gasteiger partial charge in [-0.25, -0.2) is 4.39 Å². The summed E-state index contributed by atoms with van der Waals surface area (Å²) in [6.45, 7) is 0.196. The predicted octanol–water partition coefficient (Wildman–Crippen LogP) is 2.12. The van der Waals surface area contributed by atoms with Crippen molar-refractivity contribution in [3.05, 3.63) is 29.6 Å². The minimum absolute atomic E-state index is 0.0115. The van der Waals surface area contributed by atoms with Gasteiger partial charge >= 0.3 is 0 Å². The third kappa shape index (κ3) is 2.68. The number of nitrogens with one attached hydrogen (secondary N) is 1. The van der Waals surface area contributed by atoms with Crippen LogP contribution in [0.3, 0.4) is 0 Å². The van der Waals surface area contributed by atoms with E-state index < -0.39 is 5.82 Å². The van der Waals surface area contributed by atoms with Crippen molar-refractivity contribution < 1.29 is 9.18 Å². The van der Waals surface area contributed by atoms with Crippen LogP contribution in [-0.4, -0.2) is 12.5 Å². The molecular formula is C16H17FN2O. The SMILES string of the molecule is NCC#Cc1ccc(NC(=O)C2CC3CC3C2)cc1F. The van der Waals surface area contributed by atoms with Gasteiger partial charge in [-0.05, 0) is 49.3 Å². The molecule has 2 saturated carbocycles. The number of amides is 1. The fraction of sp³-hybridized carbons (Fsp3) is 0.438. The quantitative estimate of drug-likeness (QED) is 0.810. The summed E-state index contributed by atoms with van der Waals surface area (Å²) in [5, 5.41) is 2.80. The summed E-state index contributed by atoms with van der Waals surface area (Å²) in [6, 6.07) is 4.56. The van der Waals surface area contributed by atoms with Gasteiger partial charge in [-0.15, -0.1) is 0 Å². The zero-order chi connectivity index (χ0) is 14.1. The van der Waals surface area contributed by atoms with Gasteiger partial charge in [-0.3, -0.25) is 4.79 Å². The van der Waals surface area contributed by atoms with Crippen LogP contribution < -0.4 is 11.1 Å². The van der Waals surface area contributed by atoms with E-state index in [2.05, 4.69) is 17.2 Å². The Morgan fingerprint density at radius 2 is 2.10 bits per heavy atom. The van der Waals surface area contributed by atoms with E-state index in [0.717, 1.165) is 24.7 Å². The second kappa shape index (κ2) is 5.26. The Hall–Kier alpha value is -1.86. The lowest BCUT2D eigenvalue weighted by molar-refractivity contribution is -0.120. The van der Waals surface area contributed by atoms with Gasteiger partial charge in [0.15, 0.2) is 0 Å². The summed E-state index contributed by atoms with van der Waals surface area (Å²) in [5.41, 5.74) is 6.05. The lowest BCUT2D eigenvalue weighted by Gasteiger charge is -2.12. The van der Waals surface area contributed by atoms with Crippen molar-refractivity contribution in [2.45, 2.75) is 19.3 Å². The van der Waals surface area contributed by atoms with Gasteiger partial charge in [0.25, 0.3) is 0 Å². The van der Waals surface area contributed by atoms with E-state index in [-0.39, 0.29) is 18.4 Å². The molecule has 0 radical (unpaired) electrons. The monoisotopic (exact) mass is 272 g/mol. The predicted molar refractivity (Wildman–Crippen MR) is 75.3 cm³/mol. The van der Waals surface area contributed by atoms with Crippen LogP contribution in [0.4, 0.5) is 10.1 Å². The fourth-order valence-electron chi connectivity index (χ4n) is 3.01. The van der Waals surface area contributed by atoms with Gasteiger partial charge in [-0.1, -0.05) is 11.8 Å². The maximum Gasteiger partial charge on any atom is 0.227 e. The van der Waals surface area contributed by atoms with Crippen LogP contribution in [0, 0.1) is 35.4 Å². The summed E-state index contributed by atoms with van der Waals surface area (Å²) in [6.07, 6.45) is 3.25. The number of benzene rings is 1. The van der Waals surface area contributed by atoms with Gasteiger partial charge in [0.2, 0.25) is 5.91 Å². The van der Waals surface area contributed by atoms with E-state index in [1.54, 1.807) is 12.1 Å². The fourth-order valence-corrected chi connectivity index (χ4v) is 3.01. The van der Waals surface area contributed by atoms with E-state index >= 15 is 0 Å². The van der Waals surface area contributed by atoms with Crippen LogP contribution in [0.2, 0.25) is 0 Å². The Labute approximate surface area is 117 Å². The standard InChI is InChI=1S/C16H17FN2O/c17-15-9-14(4-3-10(15)2-1-5-18)19-16(20)13-7-11-6-12(11)8-13/h3-4,9,11-13H,5-8,18H2,(H,19,20). The third-order valence-corrected chi connectivity index (χ3v) is 4.18. The summed E-state index contributed by atoms with van der Waals surface area (Å²) >= 11 is 0. The molecule has 2 atom stereocenters. The molecule has 0 aromatic heterocycles. The number of carbonyl (C=O) groups excluding carboxylic acids is 1. The number of fused-ring (bicyclic) bond motifs is 1. The molecule has 0 heterocycles. The smallest absolute Gasteiger partial charge is 0.227 e. The molecule has 1 aromatic carbocycles. The first kappa shape index (κ1) is 13.1. The summed E-state index contributed by atoms with van der Waals surface area (Å²) in [7, 11) is 0. The second-order valence-electron chi connectivity index (χ2n) is 5.61. The highest BCUT2D eigenvalue weighted by atomic mass is 19.1. The third-order valence-electron chi connectivity index (χ3n) is 4.18. The lowest BCUT2D eigenvalue weighted by Crippen LogP contribution is -2.21. The zero-order valence-electron chi connectivity index (χ0n) is 11.2. The second-order valence-corrected chi connectivity index (χ2v) is 5.61. The molecule has 0 saturated heterocycles. The minimum Gasteiger partial charge on any atom is -0.326 e. The van der Waals surface area contributed by atoms with Crippen molar-refractivity contribution in [3.8, 4) is 11.8 Å². The molecule has 3 nitrogen and oxygen atoms in total. The Balaban J connectivity index is 1.65. The molecule has 3 rings (SSSR count). The molecule has 0 bridgehead atoms. The lowest BCUT2D eigenvalue weighted by atomic mass is 10.0. The van der Waals surface area contributed by atoms with E-state index in [0.29, 0.717) is 11.3 Å². The number of hydrogen-bond donors (Lipinski definition) is 2. The van der Waals surface area contributed by atoms with Crippen LogP contribution in [0.1, 0.15) is 24.8 Å². The first-order valence-electron chi connectivity index (χ1n) is 6.96. The average molecular weight is 272 g/mol. The Morgan fingerprint density at radius 1 is 1.35 bits per heavy atom. The Bertz CT molecular complexity index is 592. The summed E-state index contributed by atoms with van der Waals surface area (Å²) in [4.78, 5) is 12.1. The number of carbonyl (C=O) groups is 1. The molecule has 104 valence electrons. The molecule has 1 amide bonds. The van der Waals surface area contributed by atoms with Crippen molar-refractivity contribution in [2.24, 2.45) is 23.5 Å². The van der Waals surface area contributed by atoms with Crippen molar-refractivity contribution in [1.29, 1.82) is 0 Å². The molecule has 20 heavy (non-hydrogen) atoms. The number of anilines is 1. The number of halogens is 1. The molecule has 2 aliphatic rings. The first-order chi connectivity index (χ1) is 9.67. The maximum atomic E-state index is 13.8. The van der Waals surface area contributed by atoms with E-state index in [9.17, 15) is 9.18 Å². The number of nitrogens with two attached hydrogens (primary N) is 1. The van der Waals surface area contributed by atoms with Gasteiger partial charge < -0.3 is 11.1 Å². The Kier molecular flexibility index (Phi) is 3.45. The van der Waals surface area contributed by atoms with Crippen molar-refractivity contribution >= 4 is 11.6 Å². The summed E-state index contributed by atoms with van der Waals surface area (Å²) < 4.78 is 13.8. The highest BCUT2D eigenvalue weighted by Gasteiger charge is 2.47. The topological polar surface area (TPSA) is 55.1 Å². The minimum atomic E-state index is -0.432. The molecule has 0 spiro atoms. The first-order valence-corrected chi connectivity index (χ1v) is 6.96. The van der Waals surface area contributed by atoms with Gasteiger partial charge in [0.1, 0.15) is 5.82 Å². The van der Waals surface area contributed by atoms with E-state index in [1.165, 1.54) is 12.5 Å². The molecule has 2 fully saturated rings. The van der Waals surface area contributed by atoms with Gasteiger partial charge in [0, 0.05) is 11.6 Å². The molecule has 2 aliphatic carbocycles. The van der Waals surface area contributed by atoms with Crippen molar-refractivity contribution in [3.63, 3.8) is 0 Å². The molecule has 3 N–H and O–H groups in total. The maximum absolute atomic E-state index is 13.8. The highest BCUT2D eigenvalue weighted by Crippen LogP contribution is 2.54. The van der Waals surface area contributed by atoms with E-state index in [4.69, 9.17) is 5.73 Å². The van der Waals surface area contributed by atoms with Crippen LogP contribution in [-0.2, 0) is 4.79 Å². The van der Waals surface area contributed by atoms with Crippen LogP contribution in [0.25, 0.3) is 0 Å². The molecular weight excluding hydrogens is 255 g/mol. The van der Waals surface area contributed by atoms with E-state index in [1.807, 2.05) is 0 Å². The molecule has 0 aliphatic heterocycles. The largest absolute Gasteiger partial charge is 0.326 e. The van der Waals surface area contributed by atoms with Crippen LogP contribution in [0.5, 0.6) is 0 Å². The highest BCUT2D eigenvalue weighted by molar-refractivity contribution is 5.92. The zero-order valence-corrected chi connectivity index (χ0v) is 11.2. The normalized spacial score (nSPS) is 26.4. The van der Waals surface area contributed by atoms with Crippen molar-refractivity contribution in [1.82, 2.24) is 0 Å².